The molecule has 0 saturated carbocycles. The van der Waals surface area contributed by atoms with E-state index in [-0.39, 0.29) is 5.56 Å². The van der Waals surface area contributed by atoms with Crippen molar-refractivity contribution >= 4 is 11.0 Å². The van der Waals surface area contributed by atoms with Gasteiger partial charge < -0.3 is 9.26 Å². The Labute approximate surface area is 80.7 Å². The van der Waals surface area contributed by atoms with Gasteiger partial charge in [-0.15, -0.1) is 0 Å². The summed E-state index contributed by atoms with van der Waals surface area (Å²) in [6, 6.07) is 5.17. The topological polar surface area (TPSA) is 44.4 Å². The van der Waals surface area contributed by atoms with Gasteiger partial charge in [-0.2, -0.15) is 4.74 Å². The Bertz CT molecular complexity index is 510. The first-order chi connectivity index (χ1) is 6.76. The summed E-state index contributed by atoms with van der Waals surface area (Å²) < 4.78 is 11.7. The second-order valence-electron chi connectivity index (χ2n) is 2.95. The highest BCUT2D eigenvalue weighted by atomic mass is 16.5. The largest absolute Gasteiger partial charge is 0.497 e. The molecular weight excluding hydrogens is 182 g/mol. The molecule has 0 aliphatic heterocycles. The van der Waals surface area contributed by atoms with Crippen LogP contribution in [0.1, 0.15) is 6.92 Å². The van der Waals surface area contributed by atoms with Gasteiger partial charge in [0.05, 0.1) is 19.0 Å². The van der Waals surface area contributed by atoms with Crippen molar-refractivity contribution in [2.24, 2.45) is 0 Å². The predicted octanol–water partition coefficient (Wildman–Crippen LogP) is 1.62. The number of ether oxygens (including phenoxy) is 1. The highest BCUT2D eigenvalue weighted by Crippen LogP contribution is 2.18. The van der Waals surface area contributed by atoms with E-state index in [0.29, 0.717) is 23.3 Å². The van der Waals surface area contributed by atoms with Crippen molar-refractivity contribution in [2.75, 3.05) is 7.11 Å². The van der Waals surface area contributed by atoms with Crippen LogP contribution in [0.3, 0.4) is 0 Å². The van der Waals surface area contributed by atoms with E-state index in [1.165, 1.54) is 4.74 Å². The SMILES string of the molecule is CCn1oc2cc(OC)ccc2c1=O. The van der Waals surface area contributed by atoms with Gasteiger partial charge in [-0.25, -0.2) is 0 Å². The predicted molar refractivity (Wildman–Crippen MR) is 52.7 cm³/mol. The molecule has 0 amide bonds. The molecule has 0 aliphatic carbocycles. The Balaban J connectivity index is 2.73. The van der Waals surface area contributed by atoms with E-state index >= 15 is 0 Å². The molecule has 0 atom stereocenters. The van der Waals surface area contributed by atoms with E-state index in [1.807, 2.05) is 6.92 Å². The zero-order chi connectivity index (χ0) is 10.1. The fourth-order valence-corrected chi connectivity index (χ4v) is 1.38. The minimum Gasteiger partial charge on any atom is -0.497 e. The molecule has 0 aliphatic rings. The van der Waals surface area contributed by atoms with Crippen molar-refractivity contribution in [2.45, 2.75) is 13.5 Å². The van der Waals surface area contributed by atoms with Gasteiger partial charge >= 0.3 is 0 Å². The molecule has 2 rings (SSSR count). The fraction of sp³-hybridized carbons (Fsp3) is 0.300. The Hall–Kier alpha value is -1.71. The van der Waals surface area contributed by atoms with Gasteiger partial charge in [0.25, 0.3) is 5.56 Å². The van der Waals surface area contributed by atoms with Crippen molar-refractivity contribution in [1.29, 1.82) is 0 Å². The summed E-state index contributed by atoms with van der Waals surface area (Å²) in [5, 5.41) is 0.590. The van der Waals surface area contributed by atoms with E-state index < -0.39 is 0 Å². The molecule has 1 aromatic carbocycles. The number of aromatic nitrogens is 1. The molecule has 4 nitrogen and oxygen atoms in total. The van der Waals surface area contributed by atoms with E-state index in [9.17, 15) is 4.79 Å². The average molecular weight is 193 g/mol. The maximum absolute atomic E-state index is 11.6. The third-order valence-corrected chi connectivity index (χ3v) is 2.14. The first kappa shape index (κ1) is 8.87. The van der Waals surface area contributed by atoms with Crippen LogP contribution in [0, 0.1) is 0 Å². The molecule has 1 aromatic heterocycles. The van der Waals surface area contributed by atoms with E-state index in [2.05, 4.69) is 0 Å². The summed E-state index contributed by atoms with van der Waals surface area (Å²) in [5.41, 5.74) is 0.473. The number of aryl methyl sites for hydroxylation is 1. The lowest BCUT2D eigenvalue weighted by atomic mass is 10.2. The van der Waals surface area contributed by atoms with Crippen LogP contribution in [0.4, 0.5) is 0 Å². The molecule has 74 valence electrons. The molecule has 14 heavy (non-hydrogen) atoms. The number of hydrogen-bond donors (Lipinski definition) is 0. The molecule has 0 bridgehead atoms. The van der Waals surface area contributed by atoms with Crippen LogP contribution in [-0.4, -0.2) is 11.8 Å². The summed E-state index contributed by atoms with van der Waals surface area (Å²) in [6.45, 7) is 2.40. The molecule has 0 saturated heterocycles. The molecule has 0 spiro atoms. The summed E-state index contributed by atoms with van der Waals surface area (Å²) in [5.74, 6) is 0.689. The normalized spacial score (nSPS) is 10.7. The summed E-state index contributed by atoms with van der Waals surface area (Å²) >= 11 is 0. The zero-order valence-electron chi connectivity index (χ0n) is 8.11. The summed E-state index contributed by atoms with van der Waals surface area (Å²) in [4.78, 5) is 11.6. The summed E-state index contributed by atoms with van der Waals surface area (Å²) in [7, 11) is 1.58. The molecule has 4 heteroatoms. The lowest BCUT2D eigenvalue weighted by molar-refractivity contribution is 0.292. The molecule has 0 radical (unpaired) electrons. The number of methoxy groups -OCH3 is 1. The minimum atomic E-state index is -0.0925. The Morgan fingerprint density at radius 2 is 2.29 bits per heavy atom. The van der Waals surface area contributed by atoms with Gasteiger partial charge in [-0.05, 0) is 19.1 Å². The van der Waals surface area contributed by atoms with Crippen molar-refractivity contribution in [3.63, 3.8) is 0 Å². The zero-order valence-corrected chi connectivity index (χ0v) is 8.11. The number of rotatable bonds is 2. The van der Waals surface area contributed by atoms with Crippen LogP contribution in [0.2, 0.25) is 0 Å². The molecular formula is C10H11NO3. The van der Waals surface area contributed by atoms with Crippen molar-refractivity contribution in [3.8, 4) is 5.75 Å². The highest BCUT2D eigenvalue weighted by Gasteiger charge is 2.08. The monoisotopic (exact) mass is 193 g/mol. The first-order valence-electron chi connectivity index (χ1n) is 4.44. The van der Waals surface area contributed by atoms with Gasteiger partial charge in [-0.3, -0.25) is 4.79 Å². The fourth-order valence-electron chi connectivity index (χ4n) is 1.38. The Morgan fingerprint density at radius 3 is 2.93 bits per heavy atom. The van der Waals surface area contributed by atoms with Crippen molar-refractivity contribution in [3.05, 3.63) is 28.6 Å². The lowest BCUT2D eigenvalue weighted by Gasteiger charge is -1.95. The van der Waals surface area contributed by atoms with Crippen LogP contribution < -0.4 is 10.3 Å². The Morgan fingerprint density at radius 1 is 1.50 bits per heavy atom. The number of fused-ring (bicyclic) bond motifs is 1. The molecule has 1 heterocycles. The van der Waals surface area contributed by atoms with Crippen LogP contribution in [-0.2, 0) is 6.54 Å². The van der Waals surface area contributed by atoms with Gasteiger partial charge in [-0.1, -0.05) is 0 Å². The van der Waals surface area contributed by atoms with E-state index in [1.54, 1.807) is 25.3 Å². The Kier molecular flexibility index (Phi) is 2.04. The maximum atomic E-state index is 11.6. The van der Waals surface area contributed by atoms with E-state index in [0.717, 1.165) is 0 Å². The summed E-state index contributed by atoms with van der Waals surface area (Å²) in [6.07, 6.45) is 0. The minimum absolute atomic E-state index is 0.0925. The third-order valence-electron chi connectivity index (χ3n) is 2.14. The molecule has 0 unspecified atom stereocenters. The molecule has 0 fully saturated rings. The van der Waals surface area contributed by atoms with Crippen LogP contribution in [0.25, 0.3) is 11.0 Å². The van der Waals surface area contributed by atoms with Crippen LogP contribution in [0.5, 0.6) is 5.75 Å². The van der Waals surface area contributed by atoms with Gasteiger partial charge in [0.15, 0.2) is 5.58 Å². The van der Waals surface area contributed by atoms with Crippen molar-refractivity contribution < 1.29 is 9.26 Å². The van der Waals surface area contributed by atoms with Gasteiger partial charge in [0.1, 0.15) is 5.75 Å². The number of hydrogen-bond acceptors (Lipinski definition) is 3. The molecule has 0 N–H and O–H groups in total. The average Bonchev–Trinajstić information content (AvgIpc) is 2.55. The maximum Gasteiger partial charge on any atom is 0.290 e. The molecule has 2 aromatic rings. The number of benzene rings is 1. The highest BCUT2D eigenvalue weighted by molar-refractivity contribution is 5.77. The third kappa shape index (κ3) is 1.19. The van der Waals surface area contributed by atoms with Gasteiger partial charge in [0.2, 0.25) is 0 Å². The second kappa shape index (κ2) is 3.21. The van der Waals surface area contributed by atoms with E-state index in [4.69, 9.17) is 9.26 Å². The van der Waals surface area contributed by atoms with Crippen LogP contribution >= 0.6 is 0 Å². The van der Waals surface area contributed by atoms with Gasteiger partial charge in [0, 0.05) is 6.07 Å². The van der Waals surface area contributed by atoms with Crippen LogP contribution in [0.15, 0.2) is 27.5 Å². The smallest absolute Gasteiger partial charge is 0.290 e. The number of nitrogens with zero attached hydrogens (tertiary/aromatic N) is 1. The lowest BCUT2D eigenvalue weighted by Crippen LogP contribution is -2.12. The quantitative estimate of drug-likeness (QED) is 0.728. The standard InChI is InChI=1S/C10H11NO3/c1-3-11-10(12)8-5-4-7(13-2)6-9(8)14-11/h4-6H,3H2,1-2H3. The first-order valence-corrected chi connectivity index (χ1v) is 4.44. The van der Waals surface area contributed by atoms with Crippen molar-refractivity contribution in [1.82, 2.24) is 4.74 Å². The second-order valence-corrected chi connectivity index (χ2v) is 2.95.